The van der Waals surface area contributed by atoms with E-state index in [0.717, 1.165) is 24.2 Å². The molecule has 2 heterocycles. The van der Waals surface area contributed by atoms with Crippen LogP contribution in [0, 0.1) is 0 Å². The summed E-state index contributed by atoms with van der Waals surface area (Å²) in [5.41, 5.74) is 0. The third kappa shape index (κ3) is 3.37. The van der Waals surface area contributed by atoms with Crippen LogP contribution in [0.2, 0.25) is 4.34 Å². The first-order valence-electron chi connectivity index (χ1n) is 5.47. The van der Waals surface area contributed by atoms with Crippen molar-refractivity contribution in [1.29, 1.82) is 0 Å². The maximum atomic E-state index is 12.3. The predicted octanol–water partition coefficient (Wildman–Crippen LogP) is 2.20. The number of sulfonamides is 1. The van der Waals surface area contributed by atoms with Crippen molar-refractivity contribution >= 4 is 45.4 Å². The second-order valence-electron chi connectivity index (χ2n) is 4.05. The zero-order valence-corrected chi connectivity index (χ0v) is 13.1. The van der Waals surface area contributed by atoms with Gasteiger partial charge < -0.3 is 5.32 Å². The Hall–Kier alpha value is 0.150. The van der Waals surface area contributed by atoms with Crippen LogP contribution >= 0.6 is 35.3 Å². The average Bonchev–Trinajstić information content (AvgIpc) is 2.76. The minimum atomic E-state index is -3.36. The molecule has 1 N–H and O–H groups in total. The van der Waals surface area contributed by atoms with E-state index in [0.29, 0.717) is 21.6 Å². The Balaban J connectivity index is 0.00000162. The van der Waals surface area contributed by atoms with Gasteiger partial charge in [-0.15, -0.1) is 23.7 Å². The average molecular weight is 331 g/mol. The summed E-state index contributed by atoms with van der Waals surface area (Å²) in [6.45, 7) is 1.13. The summed E-state index contributed by atoms with van der Waals surface area (Å²) in [5, 5.41) is 3.13. The van der Waals surface area contributed by atoms with E-state index >= 15 is 0 Å². The highest BCUT2D eigenvalue weighted by molar-refractivity contribution is 7.91. The molecule has 1 aromatic rings. The molecule has 18 heavy (non-hydrogen) atoms. The monoisotopic (exact) mass is 330 g/mol. The normalized spacial score (nSPS) is 21.6. The second kappa shape index (κ2) is 6.54. The smallest absolute Gasteiger partial charge is 0.252 e. The molecule has 1 aliphatic heterocycles. The fourth-order valence-electron chi connectivity index (χ4n) is 1.96. The highest BCUT2D eigenvalue weighted by atomic mass is 35.5. The van der Waals surface area contributed by atoms with Crippen LogP contribution in [-0.2, 0) is 10.0 Å². The summed E-state index contributed by atoms with van der Waals surface area (Å²) in [7, 11) is -1.49. The number of nitrogens with zero attached hydrogens (tertiary/aromatic N) is 1. The fourth-order valence-corrected chi connectivity index (χ4v) is 5.12. The van der Waals surface area contributed by atoms with Gasteiger partial charge in [-0.3, -0.25) is 0 Å². The fraction of sp³-hybridized carbons (Fsp3) is 0.600. The van der Waals surface area contributed by atoms with Gasteiger partial charge in [0.2, 0.25) is 0 Å². The molecule has 0 spiro atoms. The molecule has 104 valence electrons. The van der Waals surface area contributed by atoms with Gasteiger partial charge in [0.1, 0.15) is 4.21 Å². The minimum absolute atomic E-state index is 0. The number of hydrogen-bond donors (Lipinski definition) is 1. The molecular formula is C10H16Cl2N2O2S2. The van der Waals surface area contributed by atoms with Crippen LogP contribution in [0.3, 0.4) is 0 Å². The van der Waals surface area contributed by atoms with E-state index in [9.17, 15) is 8.42 Å². The van der Waals surface area contributed by atoms with Crippen molar-refractivity contribution in [2.24, 2.45) is 0 Å². The van der Waals surface area contributed by atoms with Gasteiger partial charge in [0.15, 0.2) is 0 Å². The van der Waals surface area contributed by atoms with E-state index in [-0.39, 0.29) is 18.4 Å². The van der Waals surface area contributed by atoms with Crippen LogP contribution in [0.4, 0.5) is 0 Å². The van der Waals surface area contributed by atoms with Crippen molar-refractivity contribution in [2.75, 3.05) is 20.1 Å². The molecule has 1 saturated heterocycles. The summed E-state index contributed by atoms with van der Waals surface area (Å²) in [5.74, 6) is 0. The first kappa shape index (κ1) is 16.2. The molecule has 8 heteroatoms. The van der Waals surface area contributed by atoms with Crippen LogP contribution in [0.15, 0.2) is 16.3 Å². The largest absolute Gasteiger partial charge is 0.316 e. The lowest BCUT2D eigenvalue weighted by Crippen LogP contribution is -2.46. The van der Waals surface area contributed by atoms with E-state index in [2.05, 4.69) is 5.32 Å². The van der Waals surface area contributed by atoms with Gasteiger partial charge in [-0.1, -0.05) is 11.6 Å². The maximum absolute atomic E-state index is 12.3. The zero-order chi connectivity index (χ0) is 12.5. The van der Waals surface area contributed by atoms with Crippen molar-refractivity contribution in [3.05, 3.63) is 16.5 Å². The molecule has 0 saturated carbocycles. The molecule has 1 fully saturated rings. The lowest BCUT2D eigenvalue weighted by atomic mass is 10.1. The van der Waals surface area contributed by atoms with Crippen LogP contribution < -0.4 is 5.32 Å². The van der Waals surface area contributed by atoms with Gasteiger partial charge in [0.05, 0.1) is 4.34 Å². The third-order valence-corrected chi connectivity index (χ3v) is 6.50. The Labute approximate surface area is 123 Å². The van der Waals surface area contributed by atoms with Crippen molar-refractivity contribution < 1.29 is 8.42 Å². The number of likely N-dealkylation sites (N-methyl/N-ethyl adjacent to an activating group) is 1. The summed E-state index contributed by atoms with van der Waals surface area (Å²) in [6.07, 6.45) is 1.91. The second-order valence-corrected chi connectivity index (χ2v) is 7.93. The van der Waals surface area contributed by atoms with Gasteiger partial charge >= 0.3 is 0 Å². The molecule has 1 atom stereocenters. The molecule has 0 aromatic carbocycles. The molecule has 4 nitrogen and oxygen atoms in total. The Kier molecular flexibility index (Phi) is 5.89. The van der Waals surface area contributed by atoms with Crippen LogP contribution in [0.25, 0.3) is 0 Å². The van der Waals surface area contributed by atoms with Gasteiger partial charge in [-0.25, -0.2) is 8.42 Å². The molecule has 2 rings (SSSR count). The molecule has 1 unspecified atom stereocenters. The van der Waals surface area contributed by atoms with Gasteiger partial charge in [0.25, 0.3) is 10.0 Å². The van der Waals surface area contributed by atoms with Crippen LogP contribution in [-0.4, -0.2) is 38.9 Å². The number of thiophene rings is 1. The number of hydrogen-bond acceptors (Lipinski definition) is 4. The van der Waals surface area contributed by atoms with Crippen LogP contribution in [0.5, 0.6) is 0 Å². The Morgan fingerprint density at radius 1 is 1.50 bits per heavy atom. The highest BCUT2D eigenvalue weighted by Crippen LogP contribution is 2.29. The summed E-state index contributed by atoms with van der Waals surface area (Å²) < 4.78 is 27.0. The number of halogens is 2. The predicted molar refractivity (Wildman–Crippen MR) is 77.4 cm³/mol. The van der Waals surface area contributed by atoms with E-state index in [1.807, 2.05) is 7.05 Å². The quantitative estimate of drug-likeness (QED) is 0.924. The van der Waals surface area contributed by atoms with E-state index in [1.54, 1.807) is 16.4 Å². The van der Waals surface area contributed by atoms with Crippen molar-refractivity contribution in [2.45, 2.75) is 23.1 Å². The third-order valence-electron chi connectivity index (χ3n) is 2.94. The van der Waals surface area contributed by atoms with Gasteiger partial charge in [-0.05, 0) is 32.0 Å². The summed E-state index contributed by atoms with van der Waals surface area (Å²) in [6, 6.07) is 3.44. The van der Waals surface area contributed by atoms with Gasteiger partial charge in [-0.2, -0.15) is 4.31 Å². The van der Waals surface area contributed by atoms with Crippen molar-refractivity contribution in [3.63, 3.8) is 0 Å². The zero-order valence-electron chi connectivity index (χ0n) is 9.93. The van der Waals surface area contributed by atoms with Crippen molar-refractivity contribution in [1.82, 2.24) is 9.62 Å². The Morgan fingerprint density at radius 2 is 2.22 bits per heavy atom. The van der Waals surface area contributed by atoms with E-state index in [1.165, 1.54) is 0 Å². The number of piperidine rings is 1. The Bertz CT molecular complexity index is 490. The molecular weight excluding hydrogens is 315 g/mol. The molecule has 0 aliphatic carbocycles. The van der Waals surface area contributed by atoms with E-state index < -0.39 is 10.0 Å². The molecule has 0 radical (unpaired) electrons. The molecule has 0 bridgehead atoms. The summed E-state index contributed by atoms with van der Waals surface area (Å²) in [4.78, 5) is 0. The first-order valence-corrected chi connectivity index (χ1v) is 8.10. The van der Waals surface area contributed by atoms with Crippen molar-refractivity contribution in [3.8, 4) is 0 Å². The highest BCUT2D eigenvalue weighted by Gasteiger charge is 2.30. The van der Waals surface area contributed by atoms with Crippen LogP contribution in [0.1, 0.15) is 12.8 Å². The molecule has 1 aliphatic rings. The van der Waals surface area contributed by atoms with Gasteiger partial charge in [0, 0.05) is 19.1 Å². The summed E-state index contributed by atoms with van der Waals surface area (Å²) >= 11 is 6.90. The SMILES string of the molecule is CNC1CCCN(S(=O)(=O)c2ccc(Cl)s2)C1.Cl. The lowest BCUT2D eigenvalue weighted by molar-refractivity contribution is 0.293. The van der Waals surface area contributed by atoms with E-state index in [4.69, 9.17) is 11.6 Å². The lowest BCUT2D eigenvalue weighted by Gasteiger charge is -2.31. The molecule has 1 aromatic heterocycles. The maximum Gasteiger partial charge on any atom is 0.252 e. The molecule has 0 amide bonds. The first-order chi connectivity index (χ1) is 8.04. The minimum Gasteiger partial charge on any atom is -0.316 e. The number of rotatable bonds is 3. The Morgan fingerprint density at radius 3 is 2.78 bits per heavy atom. The topological polar surface area (TPSA) is 49.4 Å². The number of nitrogens with one attached hydrogen (secondary N) is 1. The standard InChI is InChI=1S/C10H15ClN2O2S2.ClH/c1-12-8-3-2-6-13(7-8)17(14,15)10-5-4-9(11)16-10;/h4-5,8,12H,2-3,6-7H2,1H3;1H.